The van der Waals surface area contributed by atoms with Crippen LogP contribution in [-0.2, 0) is 38.1 Å². The van der Waals surface area contributed by atoms with Crippen LogP contribution < -0.4 is 0 Å². The summed E-state index contributed by atoms with van der Waals surface area (Å²) in [5, 5.41) is 23.1. The number of ether oxygens (including phenoxy) is 4. The fourth-order valence-electron chi connectivity index (χ4n) is 4.96. The summed E-state index contributed by atoms with van der Waals surface area (Å²) in [6, 6.07) is 6.50. The highest BCUT2D eigenvalue weighted by molar-refractivity contribution is 6.01. The highest BCUT2D eigenvalue weighted by Crippen LogP contribution is 2.54. The summed E-state index contributed by atoms with van der Waals surface area (Å²) in [5.74, 6) is -11.0. The third-order valence-electron chi connectivity index (χ3n) is 6.34. The van der Waals surface area contributed by atoms with Crippen LogP contribution in [0, 0.1) is 11.8 Å². The number of hydrogen-bond donors (Lipinski definition) is 2. The zero-order valence-electron chi connectivity index (χ0n) is 21.3. The summed E-state index contributed by atoms with van der Waals surface area (Å²) in [6.07, 6.45) is 0.474. The molecule has 0 radical (unpaired) electrons. The van der Waals surface area contributed by atoms with Gasteiger partial charge in [-0.05, 0) is 38.3 Å². The molecular formula is C27H32O10. The molecule has 0 saturated heterocycles. The molecule has 0 unspecified atom stereocenters. The summed E-state index contributed by atoms with van der Waals surface area (Å²) < 4.78 is 21.0. The average Bonchev–Trinajstić information content (AvgIpc) is 3.03. The van der Waals surface area contributed by atoms with Crippen LogP contribution in [0.25, 0.3) is 0 Å². The quantitative estimate of drug-likeness (QED) is 0.370. The number of carbonyl (C=O) groups is 4. The lowest BCUT2D eigenvalue weighted by Crippen LogP contribution is -2.38. The summed E-state index contributed by atoms with van der Waals surface area (Å²) in [7, 11) is 0. The molecular weight excluding hydrogens is 484 g/mol. The first-order valence-electron chi connectivity index (χ1n) is 12.4. The summed E-state index contributed by atoms with van der Waals surface area (Å²) in [5.41, 5.74) is -0.125. The summed E-state index contributed by atoms with van der Waals surface area (Å²) in [6.45, 7) is 6.34. The zero-order chi connectivity index (χ0) is 27.3. The molecule has 0 spiro atoms. The molecule has 0 fully saturated rings. The minimum absolute atomic E-state index is 0.00731. The van der Waals surface area contributed by atoms with Crippen molar-refractivity contribution in [2.24, 2.45) is 11.8 Å². The van der Waals surface area contributed by atoms with Gasteiger partial charge in [0.2, 0.25) is 0 Å². The number of rotatable bonds is 9. The van der Waals surface area contributed by atoms with E-state index >= 15 is 0 Å². The van der Waals surface area contributed by atoms with Gasteiger partial charge in [0.25, 0.3) is 0 Å². The maximum Gasteiger partial charge on any atom is 0.338 e. The Morgan fingerprint density at radius 3 is 1.62 bits per heavy atom. The lowest BCUT2D eigenvalue weighted by molar-refractivity contribution is -0.153. The lowest BCUT2D eigenvalue weighted by atomic mass is 9.74. The molecule has 2 bridgehead atoms. The monoisotopic (exact) mass is 516 g/mol. The maximum atomic E-state index is 13.4. The van der Waals surface area contributed by atoms with Crippen LogP contribution in [0.1, 0.15) is 57.1 Å². The van der Waals surface area contributed by atoms with Gasteiger partial charge in [-0.25, -0.2) is 9.59 Å². The SMILES string of the molecule is CCCOC(=O)C1=C(O)[C@@H](C(=O)OCC)[C@H]2c3ccccc3[C@H]1C(C(=O)OCC)=C(O)[C@@H]2C(=O)OCC. The van der Waals surface area contributed by atoms with Gasteiger partial charge in [0.05, 0.1) is 43.5 Å². The van der Waals surface area contributed by atoms with Crippen LogP contribution in [0.5, 0.6) is 0 Å². The Morgan fingerprint density at radius 1 is 0.703 bits per heavy atom. The summed E-state index contributed by atoms with van der Waals surface area (Å²) in [4.78, 5) is 53.2. The van der Waals surface area contributed by atoms with Gasteiger partial charge in [0, 0.05) is 5.92 Å². The highest BCUT2D eigenvalue weighted by Gasteiger charge is 2.56. The Bertz CT molecular complexity index is 1130. The van der Waals surface area contributed by atoms with E-state index in [0.29, 0.717) is 17.5 Å². The number of aliphatic hydroxyl groups excluding tert-OH is 2. The van der Waals surface area contributed by atoms with Crippen LogP contribution in [0.4, 0.5) is 0 Å². The molecule has 1 aromatic carbocycles. The number of aliphatic hydroxyl groups is 2. The number of esters is 4. The maximum absolute atomic E-state index is 13.4. The van der Waals surface area contributed by atoms with E-state index in [2.05, 4.69) is 0 Å². The second-order valence-electron chi connectivity index (χ2n) is 8.50. The smallest absolute Gasteiger partial charge is 0.338 e. The Hall–Kier alpha value is -3.82. The largest absolute Gasteiger partial charge is 0.511 e. The molecule has 0 aromatic heterocycles. The van der Waals surface area contributed by atoms with Crippen molar-refractivity contribution < 1.29 is 48.3 Å². The van der Waals surface area contributed by atoms with E-state index in [1.807, 2.05) is 0 Å². The number of hydrogen-bond acceptors (Lipinski definition) is 10. The molecule has 37 heavy (non-hydrogen) atoms. The zero-order valence-corrected chi connectivity index (χ0v) is 21.3. The molecule has 200 valence electrons. The van der Waals surface area contributed by atoms with E-state index < -0.39 is 70.2 Å². The molecule has 0 amide bonds. The fraction of sp³-hybridized carbons (Fsp3) is 0.481. The van der Waals surface area contributed by atoms with Gasteiger partial charge in [-0.15, -0.1) is 0 Å². The second-order valence-corrected chi connectivity index (χ2v) is 8.50. The van der Waals surface area contributed by atoms with Crippen molar-refractivity contribution in [2.75, 3.05) is 26.4 Å². The summed E-state index contributed by atoms with van der Waals surface area (Å²) >= 11 is 0. The van der Waals surface area contributed by atoms with Gasteiger partial charge >= 0.3 is 23.9 Å². The van der Waals surface area contributed by atoms with Crippen molar-refractivity contribution in [3.8, 4) is 0 Å². The lowest BCUT2D eigenvalue weighted by Gasteiger charge is -2.32. The average molecular weight is 517 g/mol. The van der Waals surface area contributed by atoms with Crippen LogP contribution in [0.15, 0.2) is 46.9 Å². The van der Waals surface area contributed by atoms with Gasteiger partial charge in [0.15, 0.2) is 0 Å². The van der Waals surface area contributed by atoms with Gasteiger partial charge in [-0.1, -0.05) is 31.2 Å². The van der Waals surface area contributed by atoms with Crippen LogP contribution >= 0.6 is 0 Å². The first-order chi connectivity index (χ1) is 17.7. The van der Waals surface area contributed by atoms with E-state index in [1.165, 1.54) is 0 Å². The molecule has 0 aliphatic heterocycles. The molecule has 10 nitrogen and oxygen atoms in total. The number of carbonyl (C=O) groups excluding carboxylic acids is 4. The molecule has 4 atom stereocenters. The Morgan fingerprint density at radius 2 is 1.16 bits per heavy atom. The molecule has 10 heteroatoms. The van der Waals surface area contributed by atoms with E-state index in [0.717, 1.165) is 0 Å². The van der Waals surface area contributed by atoms with Gasteiger partial charge in [-0.3, -0.25) is 9.59 Å². The van der Waals surface area contributed by atoms with Gasteiger partial charge in [-0.2, -0.15) is 0 Å². The molecule has 2 aliphatic carbocycles. The third kappa shape index (κ3) is 5.05. The highest BCUT2D eigenvalue weighted by atomic mass is 16.5. The third-order valence-corrected chi connectivity index (χ3v) is 6.34. The van der Waals surface area contributed by atoms with Crippen LogP contribution in [-0.4, -0.2) is 60.5 Å². The fourth-order valence-corrected chi connectivity index (χ4v) is 4.96. The molecule has 0 saturated carbocycles. The van der Waals surface area contributed by atoms with E-state index in [9.17, 15) is 29.4 Å². The number of benzene rings is 1. The standard InChI is InChI=1S/C27H32O10/c1-5-13-37-27(33)21-17-15-12-10-9-11-14(15)16(19(23(21)29)25(31)35-7-3)18(24(30)34-6-2)22(28)20(17)26(32)36-8-4/h9-12,16-19,28-29H,5-8,13H2,1-4H3/t16-,17-,18+,19-/m0/s1. The Labute approximate surface area is 214 Å². The molecule has 2 aliphatic rings. The minimum Gasteiger partial charge on any atom is -0.511 e. The normalized spacial score (nSPS) is 22.5. The van der Waals surface area contributed by atoms with Crippen molar-refractivity contribution in [2.45, 2.75) is 46.0 Å². The molecule has 0 heterocycles. The molecule has 1 aromatic rings. The van der Waals surface area contributed by atoms with Crippen molar-refractivity contribution >= 4 is 23.9 Å². The topological polar surface area (TPSA) is 146 Å². The minimum atomic E-state index is -1.57. The Balaban J connectivity index is 2.48. The van der Waals surface area contributed by atoms with Crippen molar-refractivity contribution in [1.29, 1.82) is 0 Å². The van der Waals surface area contributed by atoms with Crippen molar-refractivity contribution in [3.05, 3.63) is 58.1 Å². The van der Waals surface area contributed by atoms with Crippen molar-refractivity contribution in [1.82, 2.24) is 0 Å². The van der Waals surface area contributed by atoms with Gasteiger partial charge in [0.1, 0.15) is 23.4 Å². The van der Waals surface area contributed by atoms with E-state index in [-0.39, 0.29) is 26.4 Å². The molecule has 3 rings (SSSR count). The predicted octanol–water partition coefficient (Wildman–Crippen LogP) is 3.38. The van der Waals surface area contributed by atoms with E-state index in [1.54, 1.807) is 52.0 Å². The van der Waals surface area contributed by atoms with Crippen LogP contribution in [0.2, 0.25) is 0 Å². The van der Waals surface area contributed by atoms with E-state index in [4.69, 9.17) is 18.9 Å². The molecule has 2 N–H and O–H groups in total. The second kappa shape index (κ2) is 11.9. The van der Waals surface area contributed by atoms with Crippen molar-refractivity contribution in [3.63, 3.8) is 0 Å². The van der Waals surface area contributed by atoms with Crippen LogP contribution in [0.3, 0.4) is 0 Å². The van der Waals surface area contributed by atoms with Gasteiger partial charge < -0.3 is 29.2 Å². The first kappa shape index (κ1) is 27.8. The first-order valence-corrected chi connectivity index (χ1v) is 12.4. The Kier molecular flexibility index (Phi) is 8.96. The predicted molar refractivity (Wildman–Crippen MR) is 129 cm³/mol.